The highest BCUT2D eigenvalue weighted by atomic mass is 32.1. The maximum atomic E-state index is 12.9. The first kappa shape index (κ1) is 15.8. The van der Waals surface area contributed by atoms with E-state index in [1.54, 1.807) is 0 Å². The lowest BCUT2D eigenvalue weighted by atomic mass is 10.1. The van der Waals surface area contributed by atoms with Crippen molar-refractivity contribution in [2.24, 2.45) is 0 Å². The molecule has 6 heteroatoms. The highest BCUT2D eigenvalue weighted by Crippen LogP contribution is 2.14. The lowest BCUT2D eigenvalue weighted by Crippen LogP contribution is -2.49. The Labute approximate surface area is 138 Å². The zero-order valence-electron chi connectivity index (χ0n) is 12.6. The molecule has 4 nitrogen and oxygen atoms in total. The molecule has 1 aliphatic heterocycles. The van der Waals surface area contributed by atoms with Crippen LogP contribution < -0.4 is 0 Å². The molecule has 1 aromatic heterocycles. The van der Waals surface area contributed by atoms with Gasteiger partial charge in [-0.1, -0.05) is 6.07 Å². The number of Topliss-reactive ketones (excluding diaryl/α,β-unsaturated/α-hetero) is 1. The van der Waals surface area contributed by atoms with Gasteiger partial charge in [0.25, 0.3) is 5.91 Å². The monoisotopic (exact) mass is 332 g/mol. The molecule has 0 atom stereocenters. The SMILES string of the molecule is O=C(CN1CCN(C(=O)c2cccs2)CC1)c1ccc(F)cc1. The third-order valence-corrected chi connectivity index (χ3v) is 4.78. The summed E-state index contributed by atoms with van der Waals surface area (Å²) in [5, 5.41) is 1.89. The Bertz CT molecular complexity index is 677. The van der Waals surface area contributed by atoms with Crippen LogP contribution in [0, 0.1) is 5.82 Å². The van der Waals surface area contributed by atoms with Crippen molar-refractivity contribution < 1.29 is 14.0 Å². The van der Waals surface area contributed by atoms with Crippen LogP contribution in [0.4, 0.5) is 4.39 Å². The molecule has 120 valence electrons. The number of piperazine rings is 1. The summed E-state index contributed by atoms with van der Waals surface area (Å²) in [5.41, 5.74) is 0.517. The second kappa shape index (κ2) is 7.02. The molecule has 23 heavy (non-hydrogen) atoms. The number of halogens is 1. The van der Waals surface area contributed by atoms with Crippen LogP contribution in [0.25, 0.3) is 0 Å². The number of nitrogens with zero attached hydrogens (tertiary/aromatic N) is 2. The van der Waals surface area contributed by atoms with Gasteiger partial charge in [-0.15, -0.1) is 11.3 Å². The number of ketones is 1. The summed E-state index contributed by atoms with van der Waals surface area (Å²) in [6.07, 6.45) is 0. The number of benzene rings is 1. The van der Waals surface area contributed by atoms with Crippen molar-refractivity contribution >= 4 is 23.0 Å². The number of carbonyl (C=O) groups is 2. The van der Waals surface area contributed by atoms with E-state index in [1.807, 2.05) is 27.3 Å². The maximum Gasteiger partial charge on any atom is 0.264 e. The fraction of sp³-hybridized carbons (Fsp3) is 0.294. The van der Waals surface area contributed by atoms with Crippen molar-refractivity contribution in [2.75, 3.05) is 32.7 Å². The van der Waals surface area contributed by atoms with Gasteiger partial charge in [-0.2, -0.15) is 0 Å². The van der Waals surface area contributed by atoms with Gasteiger partial charge >= 0.3 is 0 Å². The van der Waals surface area contributed by atoms with Crippen molar-refractivity contribution in [1.29, 1.82) is 0 Å². The van der Waals surface area contributed by atoms with E-state index in [4.69, 9.17) is 0 Å². The Kier molecular flexibility index (Phi) is 4.83. The Hall–Kier alpha value is -2.05. The van der Waals surface area contributed by atoms with Gasteiger partial charge in [0.15, 0.2) is 5.78 Å². The summed E-state index contributed by atoms with van der Waals surface area (Å²) < 4.78 is 12.9. The first-order chi connectivity index (χ1) is 11.1. The molecule has 2 aromatic rings. The number of thiophene rings is 1. The van der Waals surface area contributed by atoms with Crippen LogP contribution in [0.2, 0.25) is 0 Å². The van der Waals surface area contributed by atoms with E-state index in [-0.39, 0.29) is 17.5 Å². The van der Waals surface area contributed by atoms with Gasteiger partial charge in [-0.25, -0.2) is 4.39 Å². The molecule has 1 fully saturated rings. The molecule has 0 aliphatic carbocycles. The number of rotatable bonds is 4. The Morgan fingerprint density at radius 1 is 1.04 bits per heavy atom. The van der Waals surface area contributed by atoms with Crippen molar-refractivity contribution in [2.45, 2.75) is 0 Å². The predicted molar refractivity (Wildman–Crippen MR) is 87.4 cm³/mol. The summed E-state index contributed by atoms with van der Waals surface area (Å²) in [5.74, 6) is -0.310. The predicted octanol–water partition coefficient (Wildman–Crippen LogP) is 2.53. The average Bonchev–Trinajstić information content (AvgIpc) is 3.10. The van der Waals surface area contributed by atoms with Gasteiger partial charge < -0.3 is 4.90 Å². The van der Waals surface area contributed by atoms with Crippen LogP contribution in [0.1, 0.15) is 20.0 Å². The molecule has 0 bridgehead atoms. The zero-order valence-corrected chi connectivity index (χ0v) is 13.4. The number of hydrogen-bond donors (Lipinski definition) is 0. The molecule has 0 unspecified atom stereocenters. The molecule has 1 saturated heterocycles. The standard InChI is InChI=1S/C17H17FN2O2S/c18-14-5-3-13(4-6-14)15(21)12-19-7-9-20(10-8-19)17(22)16-2-1-11-23-16/h1-6,11H,7-10,12H2. The fourth-order valence-corrected chi connectivity index (χ4v) is 3.29. The first-order valence-electron chi connectivity index (χ1n) is 7.47. The molecule has 0 saturated carbocycles. The van der Waals surface area contributed by atoms with Gasteiger partial charge in [-0.05, 0) is 35.7 Å². The molecule has 2 heterocycles. The van der Waals surface area contributed by atoms with E-state index in [9.17, 15) is 14.0 Å². The second-order valence-electron chi connectivity index (χ2n) is 5.48. The molecule has 1 aromatic carbocycles. The molecule has 1 amide bonds. The molecule has 0 spiro atoms. The normalized spacial score (nSPS) is 15.6. The minimum atomic E-state index is -0.345. The third-order valence-electron chi connectivity index (χ3n) is 3.92. The van der Waals surface area contributed by atoms with Gasteiger partial charge in [-0.3, -0.25) is 14.5 Å². The topological polar surface area (TPSA) is 40.6 Å². The lowest BCUT2D eigenvalue weighted by Gasteiger charge is -2.34. The quantitative estimate of drug-likeness (QED) is 0.808. The van der Waals surface area contributed by atoms with Gasteiger partial charge in [0.05, 0.1) is 11.4 Å². The maximum absolute atomic E-state index is 12.9. The number of carbonyl (C=O) groups excluding carboxylic acids is 2. The van der Waals surface area contributed by atoms with Crippen molar-refractivity contribution in [1.82, 2.24) is 9.80 Å². The van der Waals surface area contributed by atoms with Crippen molar-refractivity contribution in [3.63, 3.8) is 0 Å². The van der Waals surface area contributed by atoms with Gasteiger partial charge in [0.1, 0.15) is 5.82 Å². The lowest BCUT2D eigenvalue weighted by molar-refractivity contribution is 0.0629. The molecule has 1 aliphatic rings. The zero-order chi connectivity index (χ0) is 16.2. The summed E-state index contributed by atoms with van der Waals surface area (Å²) in [7, 11) is 0. The van der Waals surface area contributed by atoms with E-state index >= 15 is 0 Å². The van der Waals surface area contributed by atoms with Gasteiger partial charge in [0.2, 0.25) is 0 Å². The van der Waals surface area contributed by atoms with Crippen LogP contribution in [0.3, 0.4) is 0 Å². The Morgan fingerprint density at radius 2 is 1.74 bits per heavy atom. The molecule has 0 N–H and O–H groups in total. The van der Waals surface area contributed by atoms with Crippen LogP contribution >= 0.6 is 11.3 Å². The van der Waals surface area contributed by atoms with Crippen molar-refractivity contribution in [3.8, 4) is 0 Å². The van der Waals surface area contributed by atoms with Crippen LogP contribution in [0.15, 0.2) is 41.8 Å². The third kappa shape index (κ3) is 3.83. The minimum absolute atomic E-state index is 0.0250. The highest BCUT2D eigenvalue weighted by molar-refractivity contribution is 7.12. The Balaban J connectivity index is 1.52. The van der Waals surface area contributed by atoms with E-state index in [0.29, 0.717) is 38.3 Å². The second-order valence-corrected chi connectivity index (χ2v) is 6.42. The van der Waals surface area contributed by atoms with Crippen LogP contribution in [-0.4, -0.2) is 54.2 Å². The average molecular weight is 332 g/mol. The minimum Gasteiger partial charge on any atom is -0.335 e. The largest absolute Gasteiger partial charge is 0.335 e. The summed E-state index contributed by atoms with van der Waals surface area (Å²) >= 11 is 1.44. The molecular formula is C17H17FN2O2S. The summed E-state index contributed by atoms with van der Waals surface area (Å²) in [6.45, 7) is 2.88. The van der Waals surface area contributed by atoms with Crippen LogP contribution in [0.5, 0.6) is 0 Å². The van der Waals surface area contributed by atoms with E-state index in [1.165, 1.54) is 35.6 Å². The Morgan fingerprint density at radius 3 is 2.35 bits per heavy atom. The van der Waals surface area contributed by atoms with Crippen molar-refractivity contribution in [3.05, 3.63) is 58.0 Å². The highest BCUT2D eigenvalue weighted by Gasteiger charge is 2.23. The number of amides is 1. The molecular weight excluding hydrogens is 315 g/mol. The van der Waals surface area contributed by atoms with E-state index < -0.39 is 0 Å². The molecule has 3 rings (SSSR count). The summed E-state index contributed by atoms with van der Waals surface area (Å²) in [6, 6.07) is 9.31. The number of hydrogen-bond acceptors (Lipinski definition) is 4. The summed E-state index contributed by atoms with van der Waals surface area (Å²) in [4.78, 5) is 29.0. The first-order valence-corrected chi connectivity index (χ1v) is 8.35. The van der Waals surface area contributed by atoms with E-state index in [0.717, 1.165) is 4.88 Å². The van der Waals surface area contributed by atoms with Gasteiger partial charge in [0, 0.05) is 31.7 Å². The van der Waals surface area contributed by atoms with Crippen LogP contribution in [-0.2, 0) is 0 Å². The smallest absolute Gasteiger partial charge is 0.264 e. The molecule has 0 radical (unpaired) electrons. The fourth-order valence-electron chi connectivity index (χ4n) is 2.60. The van der Waals surface area contributed by atoms with E-state index in [2.05, 4.69) is 0 Å².